The van der Waals surface area contributed by atoms with Crippen LogP contribution < -0.4 is 10.7 Å². The molecule has 0 radical (unpaired) electrons. The highest BCUT2D eigenvalue weighted by molar-refractivity contribution is 6.33. The Labute approximate surface area is 175 Å². The van der Waals surface area contributed by atoms with Crippen molar-refractivity contribution in [2.45, 2.75) is 33.7 Å². The fraction of sp³-hybridized carbons (Fsp3) is 0.261. The van der Waals surface area contributed by atoms with Gasteiger partial charge >= 0.3 is 0 Å². The Bertz CT molecular complexity index is 1080. The molecule has 2 heterocycles. The van der Waals surface area contributed by atoms with E-state index < -0.39 is 5.91 Å². The number of carbonyl (C=O) groups excluding carboxylic acids is 1. The molecule has 0 saturated heterocycles. The summed E-state index contributed by atoms with van der Waals surface area (Å²) in [6.07, 6.45) is 2.33. The summed E-state index contributed by atoms with van der Waals surface area (Å²) in [7, 11) is 0. The molecule has 5 nitrogen and oxygen atoms in total. The van der Waals surface area contributed by atoms with Gasteiger partial charge in [0.15, 0.2) is 5.43 Å². The lowest BCUT2D eigenvalue weighted by Gasteiger charge is -2.21. The molecule has 1 amide bonds. The van der Waals surface area contributed by atoms with E-state index in [1.807, 2.05) is 29.7 Å². The molecule has 1 aromatic carbocycles. The fourth-order valence-electron chi connectivity index (χ4n) is 3.29. The van der Waals surface area contributed by atoms with Gasteiger partial charge in [-0.2, -0.15) is 0 Å². The number of hydrogen-bond acceptors (Lipinski definition) is 3. The Kier molecular flexibility index (Phi) is 6.49. The lowest BCUT2D eigenvalue weighted by molar-refractivity contribution is 0.102. The minimum Gasteiger partial charge on any atom is -0.342 e. The first-order valence-electron chi connectivity index (χ1n) is 9.56. The van der Waals surface area contributed by atoms with Crippen LogP contribution in [-0.2, 0) is 13.0 Å². The van der Waals surface area contributed by atoms with E-state index in [9.17, 15) is 9.59 Å². The molecular formula is C23H24ClN3O2. The van der Waals surface area contributed by atoms with Gasteiger partial charge in [0.1, 0.15) is 5.56 Å². The van der Waals surface area contributed by atoms with Crippen molar-refractivity contribution < 1.29 is 4.79 Å². The van der Waals surface area contributed by atoms with E-state index in [0.29, 0.717) is 29.4 Å². The molecule has 3 aromatic rings. The van der Waals surface area contributed by atoms with E-state index in [2.05, 4.69) is 24.1 Å². The van der Waals surface area contributed by atoms with Gasteiger partial charge in [-0.05, 0) is 43.5 Å². The van der Waals surface area contributed by atoms with Crippen molar-refractivity contribution in [2.75, 3.05) is 5.32 Å². The number of nitrogens with one attached hydrogen (secondary N) is 1. The van der Waals surface area contributed by atoms with Gasteiger partial charge in [-0.15, -0.1) is 0 Å². The molecule has 29 heavy (non-hydrogen) atoms. The third-order valence-electron chi connectivity index (χ3n) is 4.62. The number of nitrogens with zero attached hydrogens (tertiary/aromatic N) is 2. The van der Waals surface area contributed by atoms with Crippen LogP contribution in [0.5, 0.6) is 0 Å². The van der Waals surface area contributed by atoms with E-state index in [0.717, 1.165) is 11.4 Å². The largest absolute Gasteiger partial charge is 0.342 e. The number of benzene rings is 1. The molecule has 2 aromatic heterocycles. The maximum atomic E-state index is 13.1. The van der Waals surface area contributed by atoms with Crippen molar-refractivity contribution in [1.82, 2.24) is 9.55 Å². The summed E-state index contributed by atoms with van der Waals surface area (Å²) >= 11 is 6.18. The van der Waals surface area contributed by atoms with E-state index in [-0.39, 0.29) is 16.9 Å². The molecule has 3 rings (SSSR count). The predicted octanol–water partition coefficient (Wildman–Crippen LogP) is 4.70. The zero-order valence-electron chi connectivity index (χ0n) is 16.8. The lowest BCUT2D eigenvalue weighted by Crippen LogP contribution is -2.29. The Morgan fingerprint density at radius 2 is 1.90 bits per heavy atom. The number of hydrogen-bond donors (Lipinski definition) is 1. The van der Waals surface area contributed by atoms with Crippen LogP contribution in [0.4, 0.5) is 5.69 Å². The van der Waals surface area contributed by atoms with Gasteiger partial charge in [-0.1, -0.05) is 43.6 Å². The molecule has 0 fully saturated rings. The monoisotopic (exact) mass is 409 g/mol. The first-order valence-corrected chi connectivity index (χ1v) is 9.93. The fourth-order valence-corrected chi connectivity index (χ4v) is 3.48. The highest BCUT2D eigenvalue weighted by Crippen LogP contribution is 2.22. The van der Waals surface area contributed by atoms with Crippen LogP contribution in [0, 0.1) is 12.8 Å². The zero-order chi connectivity index (χ0) is 21.0. The molecule has 0 aliphatic rings. The van der Waals surface area contributed by atoms with Crippen molar-refractivity contribution in [1.29, 1.82) is 0 Å². The summed E-state index contributed by atoms with van der Waals surface area (Å²) in [4.78, 5) is 30.3. The van der Waals surface area contributed by atoms with E-state index >= 15 is 0 Å². The number of pyridine rings is 2. The first-order chi connectivity index (χ1) is 13.9. The topological polar surface area (TPSA) is 64.0 Å². The Morgan fingerprint density at radius 3 is 2.55 bits per heavy atom. The number of aryl methyl sites for hydroxylation is 1. The number of halogens is 1. The molecular weight excluding hydrogens is 386 g/mol. The molecule has 0 aliphatic carbocycles. The second-order valence-electron chi connectivity index (χ2n) is 7.41. The van der Waals surface area contributed by atoms with E-state index in [1.165, 1.54) is 6.07 Å². The van der Waals surface area contributed by atoms with Crippen LogP contribution >= 0.6 is 11.6 Å². The molecule has 0 spiro atoms. The van der Waals surface area contributed by atoms with Gasteiger partial charge < -0.3 is 9.88 Å². The third kappa shape index (κ3) is 4.93. The quantitative estimate of drug-likeness (QED) is 0.641. The van der Waals surface area contributed by atoms with Crippen LogP contribution in [0.2, 0.25) is 5.02 Å². The van der Waals surface area contributed by atoms with E-state index in [4.69, 9.17) is 11.6 Å². The van der Waals surface area contributed by atoms with Gasteiger partial charge in [0, 0.05) is 23.7 Å². The van der Waals surface area contributed by atoms with Crippen LogP contribution in [-0.4, -0.2) is 15.5 Å². The molecule has 0 bridgehead atoms. The molecule has 0 unspecified atom stereocenters. The second kappa shape index (κ2) is 9.05. The maximum absolute atomic E-state index is 13.1. The number of para-hydroxylation sites is 1. The number of anilines is 1. The summed E-state index contributed by atoms with van der Waals surface area (Å²) in [5, 5.41) is 3.21. The van der Waals surface area contributed by atoms with Crippen LogP contribution in [0.25, 0.3) is 0 Å². The summed E-state index contributed by atoms with van der Waals surface area (Å²) < 4.78 is 2.01. The highest BCUT2D eigenvalue weighted by Gasteiger charge is 2.22. The summed E-state index contributed by atoms with van der Waals surface area (Å²) in [6.45, 7) is 6.49. The highest BCUT2D eigenvalue weighted by atomic mass is 35.5. The minimum absolute atomic E-state index is 0.153. The van der Waals surface area contributed by atoms with Crippen molar-refractivity contribution in [3.8, 4) is 0 Å². The number of carbonyl (C=O) groups is 1. The number of amides is 1. The Morgan fingerprint density at radius 1 is 1.17 bits per heavy atom. The predicted molar refractivity (Wildman–Crippen MR) is 117 cm³/mol. The second-order valence-corrected chi connectivity index (χ2v) is 7.82. The molecule has 1 N–H and O–H groups in total. The van der Waals surface area contributed by atoms with Gasteiger partial charge in [0.25, 0.3) is 5.91 Å². The van der Waals surface area contributed by atoms with Gasteiger partial charge in [-0.25, -0.2) is 0 Å². The average molecular weight is 410 g/mol. The normalized spacial score (nSPS) is 10.9. The summed E-state index contributed by atoms with van der Waals surface area (Å²) in [5.41, 5.74) is 2.71. The van der Waals surface area contributed by atoms with Gasteiger partial charge in [-0.3, -0.25) is 14.6 Å². The van der Waals surface area contributed by atoms with Crippen molar-refractivity contribution in [2.24, 2.45) is 5.92 Å². The van der Waals surface area contributed by atoms with Crippen molar-refractivity contribution in [3.05, 3.63) is 92.6 Å². The Hall–Kier alpha value is -2.92. The van der Waals surface area contributed by atoms with Gasteiger partial charge in [0.05, 0.1) is 22.9 Å². The van der Waals surface area contributed by atoms with Crippen LogP contribution in [0.15, 0.2) is 59.5 Å². The van der Waals surface area contributed by atoms with Crippen molar-refractivity contribution in [3.63, 3.8) is 0 Å². The molecule has 0 saturated carbocycles. The molecule has 0 atom stereocenters. The summed E-state index contributed by atoms with van der Waals surface area (Å²) in [5.74, 6) is -0.188. The van der Waals surface area contributed by atoms with Crippen LogP contribution in [0.1, 0.15) is 41.3 Å². The van der Waals surface area contributed by atoms with Gasteiger partial charge in [0.2, 0.25) is 0 Å². The van der Waals surface area contributed by atoms with Crippen molar-refractivity contribution >= 4 is 23.2 Å². The number of aromatic nitrogens is 2. The first kappa shape index (κ1) is 20.8. The Balaban J connectivity index is 2.09. The lowest BCUT2D eigenvalue weighted by atomic mass is 10.0. The third-order valence-corrected chi connectivity index (χ3v) is 4.95. The SMILES string of the molecule is Cc1cc(=O)c(C(=O)Nc2ccccc2Cl)c(CC(C)C)n1Cc1ccccn1. The molecule has 150 valence electrons. The molecule has 0 aliphatic heterocycles. The van der Waals surface area contributed by atoms with E-state index in [1.54, 1.807) is 30.5 Å². The average Bonchev–Trinajstić information content (AvgIpc) is 2.67. The number of rotatable bonds is 6. The van der Waals surface area contributed by atoms with Crippen LogP contribution in [0.3, 0.4) is 0 Å². The maximum Gasteiger partial charge on any atom is 0.261 e. The smallest absolute Gasteiger partial charge is 0.261 e. The molecule has 6 heteroatoms. The standard InChI is InChI=1S/C23H24ClN3O2/c1-15(2)12-20-22(23(29)26-19-10-5-4-9-18(19)24)21(28)13-16(3)27(20)14-17-8-6-7-11-25-17/h4-11,13,15H,12,14H2,1-3H3,(H,26,29). The minimum atomic E-state index is -0.450. The summed E-state index contributed by atoms with van der Waals surface area (Å²) in [6, 6.07) is 14.2. The zero-order valence-corrected chi connectivity index (χ0v) is 17.5.